The molecule has 0 saturated heterocycles. The van der Waals surface area contributed by atoms with Gasteiger partial charge < -0.3 is 14.3 Å². The number of hydrogen-bond donors (Lipinski definition) is 1. The number of aromatic amines is 1. The molecule has 0 fully saturated rings. The smallest absolute Gasteiger partial charge is 0.123 e. The number of benzene rings is 2. The summed E-state index contributed by atoms with van der Waals surface area (Å²) in [5.74, 6) is 1.91. The van der Waals surface area contributed by atoms with Crippen LogP contribution >= 0.6 is 0 Å². The monoisotopic (exact) mass is 375 g/mol. The van der Waals surface area contributed by atoms with E-state index in [0.29, 0.717) is 0 Å². The molecule has 0 radical (unpaired) electrons. The lowest BCUT2D eigenvalue weighted by molar-refractivity contribution is 0.239. The summed E-state index contributed by atoms with van der Waals surface area (Å²) < 4.78 is 7.66. The van der Waals surface area contributed by atoms with Crippen LogP contribution in [0.4, 0.5) is 0 Å². The van der Waals surface area contributed by atoms with E-state index in [9.17, 15) is 0 Å². The zero-order valence-electron chi connectivity index (χ0n) is 16.1. The summed E-state index contributed by atoms with van der Waals surface area (Å²) in [4.78, 5) is 14.7. The molecule has 6 nitrogen and oxygen atoms in total. The van der Waals surface area contributed by atoms with Crippen LogP contribution in [0.2, 0.25) is 0 Å². The molecule has 0 saturated carbocycles. The maximum absolute atomic E-state index is 5.55. The zero-order valence-corrected chi connectivity index (χ0v) is 16.1. The van der Waals surface area contributed by atoms with Crippen molar-refractivity contribution < 1.29 is 4.74 Å². The van der Waals surface area contributed by atoms with Crippen LogP contribution in [0.15, 0.2) is 67.3 Å². The van der Waals surface area contributed by atoms with Gasteiger partial charge >= 0.3 is 0 Å². The van der Waals surface area contributed by atoms with Gasteiger partial charge in [-0.2, -0.15) is 0 Å². The Morgan fingerprint density at radius 1 is 1.07 bits per heavy atom. The molecular formula is C22H25N5O. The molecule has 6 heteroatoms. The SMILES string of the molecule is COc1ccccc1CN(CCCn1ccnc1)Cc1nc2ccccc2[nH]1. The number of para-hydroxylation sites is 3. The van der Waals surface area contributed by atoms with E-state index in [1.54, 1.807) is 7.11 Å². The van der Waals surface area contributed by atoms with Gasteiger partial charge in [0.1, 0.15) is 11.6 Å². The van der Waals surface area contributed by atoms with Crippen LogP contribution < -0.4 is 4.74 Å². The summed E-state index contributed by atoms with van der Waals surface area (Å²) in [6, 6.07) is 16.4. The van der Waals surface area contributed by atoms with Gasteiger partial charge in [-0.05, 0) is 24.6 Å². The minimum absolute atomic E-state index is 0.761. The Labute approximate surface area is 164 Å². The number of rotatable bonds is 9. The van der Waals surface area contributed by atoms with E-state index in [2.05, 4.69) is 37.6 Å². The Hall–Kier alpha value is -3.12. The summed E-state index contributed by atoms with van der Waals surface area (Å²) in [7, 11) is 1.72. The quantitative estimate of drug-likeness (QED) is 0.483. The van der Waals surface area contributed by atoms with Crippen molar-refractivity contribution in [3.8, 4) is 5.75 Å². The molecule has 0 aliphatic rings. The molecule has 4 aromatic rings. The molecule has 2 aromatic carbocycles. The molecule has 28 heavy (non-hydrogen) atoms. The van der Waals surface area contributed by atoms with E-state index in [4.69, 9.17) is 9.72 Å². The van der Waals surface area contributed by atoms with Gasteiger partial charge in [0, 0.05) is 37.6 Å². The van der Waals surface area contributed by atoms with Gasteiger partial charge in [-0.25, -0.2) is 9.97 Å². The summed E-state index contributed by atoms with van der Waals surface area (Å²) in [5.41, 5.74) is 3.27. The summed E-state index contributed by atoms with van der Waals surface area (Å²) >= 11 is 0. The zero-order chi connectivity index (χ0) is 19.2. The molecule has 0 aliphatic heterocycles. The number of nitrogens with one attached hydrogen (secondary N) is 1. The molecule has 2 aromatic heterocycles. The first kappa shape index (κ1) is 18.3. The Balaban J connectivity index is 1.49. The lowest BCUT2D eigenvalue weighted by atomic mass is 10.2. The largest absolute Gasteiger partial charge is 0.496 e. The van der Waals surface area contributed by atoms with Crippen molar-refractivity contribution in [2.24, 2.45) is 0 Å². The molecule has 0 aliphatic carbocycles. The number of ether oxygens (including phenoxy) is 1. The minimum Gasteiger partial charge on any atom is -0.496 e. The molecule has 0 amide bonds. The van der Waals surface area contributed by atoms with E-state index in [0.717, 1.165) is 55.2 Å². The lowest BCUT2D eigenvalue weighted by Gasteiger charge is -2.22. The maximum Gasteiger partial charge on any atom is 0.123 e. The summed E-state index contributed by atoms with van der Waals surface area (Å²) in [5, 5.41) is 0. The van der Waals surface area contributed by atoms with Gasteiger partial charge in [-0.1, -0.05) is 30.3 Å². The molecule has 0 spiro atoms. The topological polar surface area (TPSA) is 59.0 Å². The van der Waals surface area contributed by atoms with Gasteiger partial charge in [0.05, 0.1) is 31.0 Å². The fourth-order valence-electron chi connectivity index (χ4n) is 3.48. The van der Waals surface area contributed by atoms with Crippen molar-refractivity contribution in [1.82, 2.24) is 24.4 Å². The van der Waals surface area contributed by atoms with Crippen molar-refractivity contribution >= 4 is 11.0 Å². The maximum atomic E-state index is 5.55. The van der Waals surface area contributed by atoms with Crippen molar-refractivity contribution in [3.63, 3.8) is 0 Å². The van der Waals surface area contributed by atoms with Crippen molar-refractivity contribution in [3.05, 3.63) is 78.6 Å². The standard InChI is InChI=1S/C22H25N5O/c1-28-21-10-5-2-7-18(21)15-27(13-6-12-26-14-11-23-17-26)16-22-24-19-8-3-4-9-20(19)25-22/h2-5,7-11,14,17H,6,12-13,15-16H2,1H3,(H,24,25). The number of aromatic nitrogens is 4. The lowest BCUT2D eigenvalue weighted by Crippen LogP contribution is -2.25. The van der Waals surface area contributed by atoms with Gasteiger partial charge in [0.15, 0.2) is 0 Å². The molecule has 0 unspecified atom stereocenters. The third-order valence-electron chi connectivity index (χ3n) is 4.85. The van der Waals surface area contributed by atoms with Crippen molar-refractivity contribution in [2.45, 2.75) is 26.1 Å². The number of methoxy groups -OCH3 is 1. The highest BCUT2D eigenvalue weighted by Gasteiger charge is 2.13. The Morgan fingerprint density at radius 2 is 1.93 bits per heavy atom. The second kappa shape index (κ2) is 8.71. The number of fused-ring (bicyclic) bond motifs is 1. The normalized spacial score (nSPS) is 11.4. The summed E-state index contributed by atoms with van der Waals surface area (Å²) in [6.07, 6.45) is 6.72. The van der Waals surface area contributed by atoms with Crippen molar-refractivity contribution in [2.75, 3.05) is 13.7 Å². The molecule has 144 valence electrons. The summed E-state index contributed by atoms with van der Waals surface area (Å²) in [6.45, 7) is 3.47. The Kier molecular flexibility index (Phi) is 5.68. The molecule has 4 rings (SSSR count). The van der Waals surface area contributed by atoms with E-state index < -0.39 is 0 Å². The highest BCUT2D eigenvalue weighted by Crippen LogP contribution is 2.21. The average molecular weight is 375 g/mol. The van der Waals surface area contributed by atoms with Crippen LogP contribution in [0.5, 0.6) is 5.75 Å². The third kappa shape index (κ3) is 4.40. The average Bonchev–Trinajstić information content (AvgIpc) is 3.37. The number of imidazole rings is 2. The van der Waals surface area contributed by atoms with Crippen LogP contribution in [-0.4, -0.2) is 38.1 Å². The predicted molar refractivity (Wildman–Crippen MR) is 110 cm³/mol. The van der Waals surface area contributed by atoms with E-state index >= 15 is 0 Å². The third-order valence-corrected chi connectivity index (χ3v) is 4.85. The van der Waals surface area contributed by atoms with Gasteiger partial charge in [-0.3, -0.25) is 4.90 Å². The number of nitrogens with zero attached hydrogens (tertiary/aromatic N) is 4. The van der Waals surface area contributed by atoms with Crippen LogP contribution in [-0.2, 0) is 19.6 Å². The number of aryl methyl sites for hydroxylation is 1. The fourth-order valence-corrected chi connectivity index (χ4v) is 3.48. The first-order chi connectivity index (χ1) is 13.8. The minimum atomic E-state index is 0.761. The molecule has 0 atom stereocenters. The van der Waals surface area contributed by atoms with E-state index in [-0.39, 0.29) is 0 Å². The highest BCUT2D eigenvalue weighted by atomic mass is 16.5. The van der Waals surface area contributed by atoms with E-state index in [1.807, 2.05) is 49.1 Å². The van der Waals surface area contributed by atoms with Crippen LogP contribution in [0, 0.1) is 0 Å². The Morgan fingerprint density at radius 3 is 2.75 bits per heavy atom. The van der Waals surface area contributed by atoms with Gasteiger partial charge in [0.25, 0.3) is 0 Å². The second-order valence-electron chi connectivity index (χ2n) is 6.88. The number of hydrogen-bond acceptors (Lipinski definition) is 4. The number of H-pyrrole nitrogens is 1. The molecule has 0 bridgehead atoms. The van der Waals surface area contributed by atoms with Gasteiger partial charge in [-0.15, -0.1) is 0 Å². The first-order valence-corrected chi connectivity index (χ1v) is 9.55. The molecule has 2 heterocycles. The van der Waals surface area contributed by atoms with Gasteiger partial charge in [0.2, 0.25) is 0 Å². The van der Waals surface area contributed by atoms with E-state index in [1.165, 1.54) is 5.56 Å². The fraction of sp³-hybridized carbons (Fsp3) is 0.273. The van der Waals surface area contributed by atoms with Crippen molar-refractivity contribution in [1.29, 1.82) is 0 Å². The van der Waals surface area contributed by atoms with Crippen LogP contribution in [0.1, 0.15) is 17.8 Å². The first-order valence-electron chi connectivity index (χ1n) is 9.55. The second-order valence-corrected chi connectivity index (χ2v) is 6.88. The highest BCUT2D eigenvalue weighted by molar-refractivity contribution is 5.74. The Bertz CT molecular complexity index is 976. The van der Waals surface area contributed by atoms with Crippen LogP contribution in [0.25, 0.3) is 11.0 Å². The predicted octanol–water partition coefficient (Wildman–Crippen LogP) is 3.86. The molecule has 1 N–H and O–H groups in total. The molecular weight excluding hydrogens is 350 g/mol. The van der Waals surface area contributed by atoms with Crippen LogP contribution in [0.3, 0.4) is 0 Å².